The number of hydrogen-bond acceptors (Lipinski definition) is 8. The fraction of sp³-hybridized carbons (Fsp3) is 0.391. The van der Waals surface area contributed by atoms with Crippen LogP contribution in [0.25, 0.3) is 0 Å². The van der Waals surface area contributed by atoms with Gasteiger partial charge in [-0.05, 0) is 128 Å². The van der Waals surface area contributed by atoms with Crippen molar-refractivity contribution in [1.29, 1.82) is 0 Å². The molecule has 0 saturated heterocycles. The number of carbonyl (C=O) groups is 1. The van der Waals surface area contributed by atoms with Gasteiger partial charge in [0.2, 0.25) is 10.0 Å². The monoisotopic (exact) mass is 825 g/mol. The minimum Gasteiger partial charge on any atom is -0.497 e. The molecular weight excluding hydrogens is 774 g/mol. The van der Waals surface area contributed by atoms with E-state index in [1.165, 1.54) is 15.4 Å². The molecule has 0 aromatic heterocycles. The summed E-state index contributed by atoms with van der Waals surface area (Å²) in [6, 6.07) is 26.4. The van der Waals surface area contributed by atoms with Crippen LogP contribution in [0.15, 0.2) is 107 Å². The Morgan fingerprint density at radius 3 is 2.29 bits per heavy atom. The lowest BCUT2D eigenvalue weighted by Gasteiger charge is -2.45. The van der Waals surface area contributed by atoms with E-state index in [4.69, 9.17) is 30.5 Å². The first-order chi connectivity index (χ1) is 28.0. The third-order valence-corrected chi connectivity index (χ3v) is 14.0. The SMILES string of the molecule is C=CC(C=NC(=O)OCC)[C@@H]1CC[C@H]1CN1C[C@@]2(CCCc3cc(Cl)ccc32)COc2ccc(S(=O)(=O)N(Cc3ccc(OC)cc3)Cc3ccc(OC)cc3)cc21. The van der Waals surface area contributed by atoms with Gasteiger partial charge >= 0.3 is 6.09 Å². The number of ether oxygens (including phenoxy) is 4. The average Bonchev–Trinajstić information content (AvgIpc) is 3.37. The van der Waals surface area contributed by atoms with E-state index in [1.54, 1.807) is 39.5 Å². The Morgan fingerprint density at radius 1 is 1.00 bits per heavy atom. The number of hydrogen-bond donors (Lipinski definition) is 0. The second kappa shape index (κ2) is 18.0. The molecule has 2 aliphatic carbocycles. The van der Waals surface area contributed by atoms with Crippen molar-refractivity contribution >= 4 is 39.6 Å². The van der Waals surface area contributed by atoms with Gasteiger partial charge in [0, 0.05) is 48.7 Å². The van der Waals surface area contributed by atoms with Gasteiger partial charge in [0.25, 0.3) is 0 Å². The number of methoxy groups -OCH3 is 2. The fourth-order valence-electron chi connectivity index (χ4n) is 8.76. The zero-order chi connectivity index (χ0) is 40.9. The standard InChI is InChI=1S/C46H52ClN3O7S/c1-5-34(26-48-45(51)56-6-2)41-20-13-36(41)29-49-30-46(23-7-8-35-24-37(47)14-21-42(35)46)31-57-44-22-19-40(25-43(44)49)58(52,53)50(27-32-9-15-38(54-3)16-10-32)28-33-11-17-39(55-4)18-12-33/h5,9-12,14-19,21-22,24-26,34,36,41H,1,6-8,13,20,23,27-31H2,2-4H3/t34?,36-,41-,46-/m0/s1. The highest BCUT2D eigenvalue weighted by atomic mass is 35.5. The van der Waals surface area contributed by atoms with Gasteiger partial charge in [0.15, 0.2) is 0 Å². The molecular formula is C46H52ClN3O7S. The molecule has 0 N–H and O–H groups in total. The highest BCUT2D eigenvalue weighted by molar-refractivity contribution is 7.89. The Morgan fingerprint density at radius 2 is 1.69 bits per heavy atom. The summed E-state index contributed by atoms with van der Waals surface area (Å²) in [6.45, 7) is 8.15. The smallest absolute Gasteiger partial charge is 0.433 e. The topological polar surface area (TPSA) is 107 Å². The van der Waals surface area contributed by atoms with Gasteiger partial charge < -0.3 is 23.8 Å². The van der Waals surface area contributed by atoms with Crippen LogP contribution in [-0.4, -0.2) is 65.6 Å². The van der Waals surface area contributed by atoms with E-state index in [1.807, 2.05) is 66.7 Å². The van der Waals surface area contributed by atoms with Gasteiger partial charge in [-0.15, -0.1) is 6.58 Å². The third kappa shape index (κ3) is 8.92. The molecule has 0 bridgehead atoms. The molecule has 1 spiro atoms. The lowest BCUT2D eigenvalue weighted by Crippen LogP contribution is -2.49. The summed E-state index contributed by atoms with van der Waals surface area (Å²) in [7, 11) is -0.842. The van der Waals surface area contributed by atoms with Gasteiger partial charge in [-0.25, -0.2) is 13.2 Å². The molecule has 4 atom stereocenters. The number of nitrogens with zero attached hydrogens (tertiary/aromatic N) is 3. The molecule has 306 valence electrons. The Kier molecular flexibility index (Phi) is 12.8. The first-order valence-electron chi connectivity index (χ1n) is 20.0. The second-order valence-corrected chi connectivity index (χ2v) is 17.9. The highest BCUT2D eigenvalue weighted by Crippen LogP contribution is 2.47. The van der Waals surface area contributed by atoms with E-state index >= 15 is 0 Å². The summed E-state index contributed by atoms with van der Waals surface area (Å²) in [5.41, 5.74) is 4.52. The van der Waals surface area contributed by atoms with Crippen molar-refractivity contribution in [2.45, 2.75) is 62.4 Å². The fourth-order valence-corrected chi connectivity index (χ4v) is 10.4. The maximum atomic E-state index is 14.9. The van der Waals surface area contributed by atoms with Crippen molar-refractivity contribution in [3.63, 3.8) is 0 Å². The van der Waals surface area contributed by atoms with Crippen molar-refractivity contribution in [3.8, 4) is 17.2 Å². The number of anilines is 1. The van der Waals surface area contributed by atoms with Gasteiger partial charge in [-0.1, -0.05) is 48.0 Å². The quantitative estimate of drug-likeness (QED) is 0.0916. The minimum absolute atomic E-state index is 0.117. The molecule has 1 amide bonds. The van der Waals surface area contributed by atoms with Crippen LogP contribution >= 0.6 is 11.6 Å². The predicted molar refractivity (Wildman–Crippen MR) is 228 cm³/mol. The van der Waals surface area contributed by atoms with Gasteiger partial charge in [0.05, 0.1) is 38.0 Å². The molecule has 4 aromatic carbocycles. The van der Waals surface area contributed by atoms with E-state index in [0.29, 0.717) is 42.0 Å². The summed E-state index contributed by atoms with van der Waals surface area (Å²) in [5, 5.41) is 0.714. The van der Waals surface area contributed by atoms with Crippen LogP contribution in [-0.2, 0) is 39.7 Å². The third-order valence-electron chi connectivity index (χ3n) is 12.0. The van der Waals surface area contributed by atoms with Crippen molar-refractivity contribution in [1.82, 2.24) is 4.31 Å². The van der Waals surface area contributed by atoms with Crippen LogP contribution in [0.2, 0.25) is 5.02 Å². The highest BCUT2D eigenvalue weighted by Gasteiger charge is 2.44. The van der Waals surface area contributed by atoms with Crippen LogP contribution in [0.3, 0.4) is 0 Å². The molecule has 1 unspecified atom stereocenters. The van der Waals surface area contributed by atoms with Crippen LogP contribution in [0.5, 0.6) is 17.2 Å². The molecule has 1 aliphatic heterocycles. The summed E-state index contributed by atoms with van der Waals surface area (Å²) in [6.07, 6.45) is 7.69. The number of rotatable bonds is 14. The van der Waals surface area contributed by atoms with E-state index in [2.05, 4.69) is 28.6 Å². The summed E-state index contributed by atoms with van der Waals surface area (Å²) in [4.78, 5) is 18.7. The van der Waals surface area contributed by atoms with Gasteiger partial charge in [-0.3, -0.25) is 0 Å². The number of amides is 1. The lowest BCUT2D eigenvalue weighted by atomic mass is 9.66. The Balaban J connectivity index is 1.26. The number of carbonyl (C=O) groups excluding carboxylic acids is 1. The van der Waals surface area contributed by atoms with Gasteiger partial charge in [-0.2, -0.15) is 9.30 Å². The van der Waals surface area contributed by atoms with Crippen LogP contribution < -0.4 is 19.1 Å². The molecule has 0 radical (unpaired) electrons. The first-order valence-corrected chi connectivity index (χ1v) is 21.8. The van der Waals surface area contributed by atoms with Crippen molar-refractivity contribution in [2.75, 3.05) is 45.4 Å². The minimum atomic E-state index is -4.05. The number of aryl methyl sites for hydroxylation is 1. The Bertz CT molecular complexity index is 2180. The van der Waals surface area contributed by atoms with E-state index < -0.39 is 16.1 Å². The zero-order valence-electron chi connectivity index (χ0n) is 33.4. The van der Waals surface area contributed by atoms with Crippen LogP contribution in [0, 0.1) is 17.8 Å². The normalized spacial score (nSPS) is 20.7. The van der Waals surface area contributed by atoms with Crippen LogP contribution in [0.4, 0.5) is 10.5 Å². The van der Waals surface area contributed by atoms with Gasteiger partial charge in [0.1, 0.15) is 17.2 Å². The Labute approximate surface area is 347 Å². The largest absolute Gasteiger partial charge is 0.497 e. The number of fused-ring (bicyclic) bond motifs is 3. The summed E-state index contributed by atoms with van der Waals surface area (Å²) >= 11 is 6.51. The summed E-state index contributed by atoms with van der Waals surface area (Å²) < 4.78 is 53.9. The van der Waals surface area contributed by atoms with E-state index in [9.17, 15) is 13.2 Å². The van der Waals surface area contributed by atoms with E-state index in [0.717, 1.165) is 48.9 Å². The molecule has 1 heterocycles. The van der Waals surface area contributed by atoms with Crippen molar-refractivity contribution in [2.24, 2.45) is 22.7 Å². The first kappa shape index (κ1) is 41.3. The number of allylic oxidation sites excluding steroid dienone is 1. The zero-order valence-corrected chi connectivity index (χ0v) is 35.0. The molecule has 58 heavy (non-hydrogen) atoms. The van der Waals surface area contributed by atoms with E-state index in [-0.39, 0.29) is 47.8 Å². The lowest BCUT2D eigenvalue weighted by molar-refractivity contribution is 0.154. The number of sulfonamides is 1. The predicted octanol–water partition coefficient (Wildman–Crippen LogP) is 9.28. The van der Waals surface area contributed by atoms with Crippen LogP contribution in [0.1, 0.15) is 54.9 Å². The number of halogens is 1. The number of benzene rings is 4. The molecule has 1 fully saturated rings. The molecule has 3 aliphatic rings. The molecule has 10 nitrogen and oxygen atoms in total. The second-order valence-electron chi connectivity index (χ2n) is 15.5. The molecule has 1 saturated carbocycles. The Hall–Kier alpha value is -4.84. The molecule has 4 aromatic rings. The average molecular weight is 826 g/mol. The maximum absolute atomic E-state index is 14.9. The number of aliphatic imine (C=N–C) groups is 1. The summed E-state index contributed by atoms with van der Waals surface area (Å²) in [5.74, 6) is 2.35. The molecule has 7 rings (SSSR count). The maximum Gasteiger partial charge on any atom is 0.433 e. The van der Waals surface area contributed by atoms with Crippen molar-refractivity contribution < 1.29 is 32.2 Å². The molecule has 12 heteroatoms. The van der Waals surface area contributed by atoms with Crippen molar-refractivity contribution in [3.05, 3.63) is 125 Å².